The van der Waals surface area contributed by atoms with E-state index in [1.54, 1.807) is 18.5 Å². The Morgan fingerprint density at radius 3 is 2.89 bits per heavy atom. The van der Waals surface area contributed by atoms with Gasteiger partial charge in [-0.2, -0.15) is 0 Å². The van der Waals surface area contributed by atoms with E-state index >= 15 is 0 Å². The summed E-state index contributed by atoms with van der Waals surface area (Å²) in [4.78, 5) is 17.0. The first-order valence-corrected chi connectivity index (χ1v) is 9.26. The molecule has 1 aromatic carbocycles. The fourth-order valence-electron chi connectivity index (χ4n) is 2.70. The van der Waals surface area contributed by atoms with Gasteiger partial charge in [-0.15, -0.1) is 10.2 Å². The molecule has 0 saturated heterocycles. The van der Waals surface area contributed by atoms with E-state index in [0.717, 1.165) is 16.6 Å². The van der Waals surface area contributed by atoms with Gasteiger partial charge < -0.3 is 14.3 Å². The molecule has 136 valence electrons. The maximum Gasteiger partial charge on any atom is 0.237 e. The zero-order valence-corrected chi connectivity index (χ0v) is 15.6. The summed E-state index contributed by atoms with van der Waals surface area (Å²) in [5.74, 6) is 1.14. The van der Waals surface area contributed by atoms with Crippen molar-refractivity contribution in [3.05, 3.63) is 54.9 Å². The average Bonchev–Trinajstić information content (AvgIpc) is 3.32. The number of hydrogen-bond donors (Lipinski definition) is 1. The average molecular weight is 379 g/mol. The number of pyridine rings is 1. The molecule has 4 aromatic rings. The number of thioether (sulfide) groups is 1. The molecule has 0 radical (unpaired) electrons. The maximum atomic E-state index is 12.7. The second-order valence-corrected chi connectivity index (χ2v) is 7.28. The summed E-state index contributed by atoms with van der Waals surface area (Å²) < 4.78 is 7.18. The van der Waals surface area contributed by atoms with E-state index in [4.69, 9.17) is 4.42 Å². The van der Waals surface area contributed by atoms with Crippen LogP contribution in [0.5, 0.6) is 0 Å². The highest BCUT2D eigenvalue weighted by Crippen LogP contribution is 2.27. The van der Waals surface area contributed by atoms with Crippen molar-refractivity contribution in [1.29, 1.82) is 0 Å². The number of anilines is 1. The Morgan fingerprint density at radius 2 is 2.07 bits per heavy atom. The molecule has 0 aliphatic rings. The van der Waals surface area contributed by atoms with Crippen LogP contribution in [0.3, 0.4) is 0 Å². The van der Waals surface area contributed by atoms with Crippen molar-refractivity contribution in [3.63, 3.8) is 0 Å². The molecule has 1 unspecified atom stereocenters. The van der Waals surface area contributed by atoms with Gasteiger partial charge in [-0.05, 0) is 43.3 Å². The molecule has 0 spiro atoms. The molecule has 1 N–H and O–H groups in total. The van der Waals surface area contributed by atoms with Gasteiger partial charge in [0.1, 0.15) is 0 Å². The van der Waals surface area contributed by atoms with Crippen molar-refractivity contribution in [2.24, 2.45) is 7.05 Å². The van der Waals surface area contributed by atoms with Gasteiger partial charge in [0.2, 0.25) is 5.91 Å². The highest BCUT2D eigenvalue weighted by Gasteiger charge is 2.20. The van der Waals surface area contributed by atoms with Crippen LogP contribution < -0.4 is 5.32 Å². The predicted octanol–water partition coefficient (Wildman–Crippen LogP) is 3.74. The van der Waals surface area contributed by atoms with Crippen LogP contribution in [0.1, 0.15) is 6.92 Å². The summed E-state index contributed by atoms with van der Waals surface area (Å²) in [5, 5.41) is 12.5. The van der Waals surface area contributed by atoms with Crippen LogP contribution in [-0.2, 0) is 11.8 Å². The molecular formula is C19H17N5O2S. The van der Waals surface area contributed by atoms with E-state index in [0.29, 0.717) is 16.7 Å². The van der Waals surface area contributed by atoms with E-state index in [1.807, 2.05) is 54.9 Å². The minimum absolute atomic E-state index is 0.112. The van der Waals surface area contributed by atoms with Gasteiger partial charge in [0.25, 0.3) is 0 Å². The Bertz CT molecular complexity index is 1090. The fraction of sp³-hybridized carbons (Fsp3) is 0.158. The van der Waals surface area contributed by atoms with Gasteiger partial charge in [-0.1, -0.05) is 17.8 Å². The Morgan fingerprint density at radius 1 is 1.19 bits per heavy atom. The second kappa shape index (κ2) is 7.24. The molecule has 3 heterocycles. The van der Waals surface area contributed by atoms with E-state index < -0.39 is 0 Å². The topological polar surface area (TPSA) is 85.8 Å². The van der Waals surface area contributed by atoms with Crippen LogP contribution in [0.4, 0.5) is 5.69 Å². The summed E-state index contributed by atoms with van der Waals surface area (Å²) >= 11 is 1.34. The molecular weight excluding hydrogens is 362 g/mol. The quantitative estimate of drug-likeness (QED) is 0.532. The molecule has 3 aromatic heterocycles. The Labute approximate surface area is 159 Å². The Kier molecular flexibility index (Phi) is 4.64. The van der Waals surface area contributed by atoms with Gasteiger partial charge in [-0.3, -0.25) is 9.78 Å². The number of hydrogen-bond acceptors (Lipinski definition) is 6. The summed E-state index contributed by atoms with van der Waals surface area (Å²) in [6, 6.07) is 13.1. The van der Waals surface area contributed by atoms with Gasteiger partial charge in [0.15, 0.2) is 16.7 Å². The molecule has 27 heavy (non-hydrogen) atoms. The number of carbonyl (C=O) groups is 1. The fourth-order valence-corrected chi connectivity index (χ4v) is 3.51. The van der Waals surface area contributed by atoms with Gasteiger partial charge in [0, 0.05) is 18.6 Å². The summed E-state index contributed by atoms with van der Waals surface area (Å²) in [6.45, 7) is 1.84. The first-order valence-electron chi connectivity index (χ1n) is 8.38. The SMILES string of the molecule is CC(Sc1nnc(-c2ccco2)n1C)C(=O)Nc1cccc2ncccc12. The minimum Gasteiger partial charge on any atom is -0.461 e. The van der Waals surface area contributed by atoms with Crippen LogP contribution in [-0.4, -0.2) is 30.9 Å². The van der Waals surface area contributed by atoms with Crippen molar-refractivity contribution < 1.29 is 9.21 Å². The molecule has 1 atom stereocenters. The van der Waals surface area contributed by atoms with Gasteiger partial charge >= 0.3 is 0 Å². The Balaban J connectivity index is 1.50. The number of aromatic nitrogens is 4. The van der Waals surface area contributed by atoms with Gasteiger partial charge in [-0.25, -0.2) is 0 Å². The predicted molar refractivity (Wildman–Crippen MR) is 104 cm³/mol. The number of rotatable bonds is 5. The van der Waals surface area contributed by atoms with Crippen LogP contribution in [0.15, 0.2) is 64.5 Å². The molecule has 0 saturated carbocycles. The number of amides is 1. The number of benzene rings is 1. The largest absolute Gasteiger partial charge is 0.461 e. The highest BCUT2D eigenvalue weighted by molar-refractivity contribution is 8.00. The van der Waals surface area contributed by atoms with E-state index in [2.05, 4.69) is 20.5 Å². The third kappa shape index (κ3) is 3.43. The second-order valence-electron chi connectivity index (χ2n) is 5.97. The van der Waals surface area contributed by atoms with Crippen LogP contribution in [0.2, 0.25) is 0 Å². The lowest BCUT2D eigenvalue weighted by molar-refractivity contribution is -0.115. The summed E-state index contributed by atoms with van der Waals surface area (Å²) in [5.41, 5.74) is 1.58. The lowest BCUT2D eigenvalue weighted by Crippen LogP contribution is -2.23. The van der Waals surface area contributed by atoms with Crippen molar-refractivity contribution >= 4 is 34.3 Å². The van der Waals surface area contributed by atoms with Crippen molar-refractivity contribution in [1.82, 2.24) is 19.7 Å². The highest BCUT2D eigenvalue weighted by atomic mass is 32.2. The molecule has 0 aliphatic carbocycles. The van der Waals surface area contributed by atoms with Crippen molar-refractivity contribution in [2.75, 3.05) is 5.32 Å². The van der Waals surface area contributed by atoms with Crippen LogP contribution >= 0.6 is 11.8 Å². The minimum atomic E-state index is -0.357. The van der Waals surface area contributed by atoms with E-state index in [-0.39, 0.29) is 11.2 Å². The van der Waals surface area contributed by atoms with Crippen LogP contribution in [0, 0.1) is 0 Å². The first-order chi connectivity index (χ1) is 13.1. The zero-order chi connectivity index (χ0) is 18.8. The zero-order valence-electron chi connectivity index (χ0n) is 14.8. The number of nitrogens with one attached hydrogen (secondary N) is 1. The van der Waals surface area contributed by atoms with E-state index in [9.17, 15) is 4.79 Å². The monoisotopic (exact) mass is 379 g/mol. The normalized spacial score (nSPS) is 12.2. The molecule has 0 fully saturated rings. The number of carbonyl (C=O) groups excluding carboxylic acids is 1. The number of nitrogens with zero attached hydrogens (tertiary/aromatic N) is 4. The lowest BCUT2D eigenvalue weighted by Gasteiger charge is -2.13. The Hall–Kier alpha value is -3.13. The van der Waals surface area contributed by atoms with Crippen LogP contribution in [0.25, 0.3) is 22.5 Å². The van der Waals surface area contributed by atoms with E-state index in [1.165, 1.54) is 11.8 Å². The van der Waals surface area contributed by atoms with Gasteiger partial charge in [0.05, 0.1) is 22.7 Å². The third-order valence-corrected chi connectivity index (χ3v) is 5.27. The number of fused-ring (bicyclic) bond motifs is 1. The van der Waals surface area contributed by atoms with Crippen molar-refractivity contribution in [2.45, 2.75) is 17.3 Å². The first kappa shape index (κ1) is 17.3. The smallest absolute Gasteiger partial charge is 0.237 e. The molecule has 0 bridgehead atoms. The lowest BCUT2D eigenvalue weighted by atomic mass is 10.2. The molecule has 1 amide bonds. The standard InChI is InChI=1S/C19H17N5O2S/c1-12(27-19-23-22-17(24(19)2)16-9-5-11-26-16)18(25)21-15-8-3-7-14-13(15)6-4-10-20-14/h3-12H,1-2H3,(H,21,25). The molecule has 4 rings (SSSR count). The molecule has 0 aliphatic heterocycles. The third-order valence-electron chi connectivity index (χ3n) is 4.13. The summed E-state index contributed by atoms with van der Waals surface area (Å²) in [7, 11) is 1.85. The maximum absolute atomic E-state index is 12.7. The molecule has 7 nitrogen and oxygen atoms in total. The van der Waals surface area contributed by atoms with Crippen molar-refractivity contribution in [3.8, 4) is 11.6 Å². The number of furan rings is 1. The summed E-state index contributed by atoms with van der Waals surface area (Å²) in [6.07, 6.45) is 3.32. The molecule has 8 heteroatoms.